The summed E-state index contributed by atoms with van der Waals surface area (Å²) in [7, 11) is 0. The molecule has 0 rings (SSSR count). The van der Waals surface area contributed by atoms with Crippen LogP contribution in [0.1, 0.15) is 284 Å². The molecule has 0 saturated carbocycles. The van der Waals surface area contributed by atoms with Crippen molar-refractivity contribution in [2.24, 2.45) is 0 Å². The minimum Gasteiger partial charge on any atom is -0.462 e. The maximum absolute atomic E-state index is 12.9. The van der Waals surface area contributed by atoms with Crippen LogP contribution < -0.4 is 0 Å². The van der Waals surface area contributed by atoms with Crippen molar-refractivity contribution in [2.45, 2.75) is 290 Å². The second kappa shape index (κ2) is 59.9. The zero-order valence-corrected chi connectivity index (χ0v) is 47.2. The third kappa shape index (κ3) is 57.2. The predicted molar refractivity (Wildman–Crippen MR) is 311 cm³/mol. The largest absolute Gasteiger partial charge is 0.462 e. The lowest BCUT2D eigenvalue weighted by Crippen LogP contribution is -2.30. The molecule has 0 saturated heterocycles. The van der Waals surface area contributed by atoms with E-state index < -0.39 is 6.10 Å². The Bertz CT molecular complexity index is 1430. The molecule has 0 spiro atoms. The molecule has 0 radical (unpaired) electrons. The van der Waals surface area contributed by atoms with E-state index in [9.17, 15) is 14.4 Å². The first-order valence-electron chi connectivity index (χ1n) is 30.2. The first kappa shape index (κ1) is 68.3. The van der Waals surface area contributed by atoms with E-state index in [1.54, 1.807) is 0 Å². The van der Waals surface area contributed by atoms with Gasteiger partial charge in [0.1, 0.15) is 13.2 Å². The van der Waals surface area contributed by atoms with E-state index >= 15 is 0 Å². The highest BCUT2D eigenvalue weighted by Gasteiger charge is 2.19. The highest BCUT2D eigenvalue weighted by molar-refractivity contribution is 5.71. The van der Waals surface area contributed by atoms with Gasteiger partial charge in [0.25, 0.3) is 0 Å². The third-order valence-corrected chi connectivity index (χ3v) is 12.8. The van der Waals surface area contributed by atoms with Crippen molar-refractivity contribution in [1.82, 2.24) is 0 Å². The van der Waals surface area contributed by atoms with Gasteiger partial charge in [-0.3, -0.25) is 14.4 Å². The monoisotopic (exact) mass is 1000 g/mol. The molecule has 0 amide bonds. The summed E-state index contributed by atoms with van der Waals surface area (Å²) in [5, 5.41) is 0. The van der Waals surface area contributed by atoms with Crippen molar-refractivity contribution in [3.63, 3.8) is 0 Å². The molecule has 0 aliphatic rings. The fraction of sp³-hybridized carbons (Fsp3) is 0.712. The van der Waals surface area contributed by atoms with E-state index in [1.807, 2.05) is 0 Å². The van der Waals surface area contributed by atoms with Gasteiger partial charge in [0.15, 0.2) is 6.10 Å². The number of carbonyl (C=O) groups is 3. The molecule has 0 bridgehead atoms. The Labute approximate surface area is 445 Å². The van der Waals surface area contributed by atoms with Crippen molar-refractivity contribution in [3.8, 4) is 0 Å². The molecule has 1 atom stereocenters. The molecule has 0 aliphatic carbocycles. The van der Waals surface area contributed by atoms with Crippen LogP contribution >= 0.6 is 0 Å². The lowest BCUT2D eigenvalue weighted by atomic mass is 10.0. The van der Waals surface area contributed by atoms with E-state index in [0.717, 1.165) is 122 Å². The smallest absolute Gasteiger partial charge is 0.306 e. The molecule has 0 aromatic rings. The van der Waals surface area contributed by atoms with E-state index in [4.69, 9.17) is 14.2 Å². The molecule has 0 fully saturated rings. The van der Waals surface area contributed by atoms with Gasteiger partial charge in [-0.05, 0) is 103 Å². The number of carbonyl (C=O) groups excluding carboxylic acids is 3. The summed E-state index contributed by atoms with van der Waals surface area (Å²) in [6.07, 6.45) is 79.7. The summed E-state index contributed by atoms with van der Waals surface area (Å²) in [5.41, 5.74) is 0. The first-order chi connectivity index (χ1) is 35.5. The number of allylic oxidation sites excluding steroid dienone is 16. The minimum atomic E-state index is -0.789. The number of hydrogen-bond donors (Lipinski definition) is 0. The Morgan fingerprint density at radius 3 is 0.875 bits per heavy atom. The van der Waals surface area contributed by atoms with Crippen molar-refractivity contribution >= 4 is 17.9 Å². The van der Waals surface area contributed by atoms with Crippen LogP contribution in [0.3, 0.4) is 0 Å². The topological polar surface area (TPSA) is 78.9 Å². The fourth-order valence-electron chi connectivity index (χ4n) is 8.30. The molecule has 1 unspecified atom stereocenters. The molecule has 0 N–H and O–H groups in total. The van der Waals surface area contributed by atoms with Gasteiger partial charge in [0, 0.05) is 19.3 Å². The van der Waals surface area contributed by atoms with Gasteiger partial charge in [-0.2, -0.15) is 0 Å². The molecular weight excluding hydrogens is 889 g/mol. The molecule has 6 nitrogen and oxygen atoms in total. The Kier molecular flexibility index (Phi) is 56.8. The van der Waals surface area contributed by atoms with Gasteiger partial charge >= 0.3 is 17.9 Å². The SMILES string of the molecule is CC/C=C\C/C=C\C/C=C\C/C=C\C/C=C\CCCCCCCCCC(=O)OCC(COC(=O)CCCCCCCCCCCCCC)OC(=O)CCCCCCCC/C=C\C/C=C\C/C=C\CCCCC. The van der Waals surface area contributed by atoms with Crippen LogP contribution in [0, 0.1) is 0 Å². The van der Waals surface area contributed by atoms with Gasteiger partial charge in [0.2, 0.25) is 0 Å². The van der Waals surface area contributed by atoms with Crippen molar-refractivity contribution in [2.75, 3.05) is 13.2 Å². The number of ether oxygens (including phenoxy) is 3. The maximum atomic E-state index is 12.9. The van der Waals surface area contributed by atoms with Crippen LogP contribution in [0.15, 0.2) is 97.2 Å². The average molecular weight is 1000 g/mol. The number of hydrogen-bond acceptors (Lipinski definition) is 6. The van der Waals surface area contributed by atoms with E-state index in [0.29, 0.717) is 19.3 Å². The van der Waals surface area contributed by atoms with Gasteiger partial charge in [0.05, 0.1) is 0 Å². The second-order valence-electron chi connectivity index (χ2n) is 19.9. The van der Waals surface area contributed by atoms with Gasteiger partial charge in [-0.1, -0.05) is 259 Å². The van der Waals surface area contributed by atoms with E-state index in [1.165, 1.54) is 122 Å². The molecule has 72 heavy (non-hydrogen) atoms. The Balaban J connectivity index is 4.38. The Hall–Kier alpha value is -3.67. The quantitative estimate of drug-likeness (QED) is 0.0261. The van der Waals surface area contributed by atoms with Gasteiger partial charge in [-0.15, -0.1) is 0 Å². The summed E-state index contributed by atoms with van der Waals surface area (Å²) in [5.74, 6) is -0.903. The maximum Gasteiger partial charge on any atom is 0.306 e. The van der Waals surface area contributed by atoms with Crippen molar-refractivity contribution < 1.29 is 28.6 Å². The zero-order valence-electron chi connectivity index (χ0n) is 47.2. The summed E-state index contributed by atoms with van der Waals surface area (Å²) in [4.78, 5) is 38.2. The summed E-state index contributed by atoms with van der Waals surface area (Å²) in [6, 6.07) is 0. The van der Waals surface area contributed by atoms with Crippen molar-refractivity contribution in [1.29, 1.82) is 0 Å². The summed E-state index contributed by atoms with van der Waals surface area (Å²) in [6.45, 7) is 6.49. The second-order valence-corrected chi connectivity index (χ2v) is 19.9. The highest BCUT2D eigenvalue weighted by atomic mass is 16.6. The van der Waals surface area contributed by atoms with Crippen LogP contribution in [0.2, 0.25) is 0 Å². The number of esters is 3. The van der Waals surface area contributed by atoms with E-state index in [2.05, 4.69) is 118 Å². The molecule has 0 aromatic carbocycles. The number of unbranched alkanes of at least 4 members (excludes halogenated alkanes) is 27. The Morgan fingerprint density at radius 2 is 0.542 bits per heavy atom. The molecule has 0 heterocycles. The minimum absolute atomic E-state index is 0.0849. The lowest BCUT2D eigenvalue weighted by molar-refractivity contribution is -0.167. The van der Waals surface area contributed by atoms with E-state index in [-0.39, 0.29) is 31.1 Å². The highest BCUT2D eigenvalue weighted by Crippen LogP contribution is 2.15. The molecule has 6 heteroatoms. The van der Waals surface area contributed by atoms with Crippen LogP contribution in [-0.4, -0.2) is 37.2 Å². The number of rotatable bonds is 54. The van der Waals surface area contributed by atoms with Crippen LogP contribution in [-0.2, 0) is 28.6 Å². The third-order valence-electron chi connectivity index (χ3n) is 12.8. The van der Waals surface area contributed by atoms with Crippen LogP contribution in [0.5, 0.6) is 0 Å². The molecular formula is C66H112O6. The predicted octanol–water partition coefficient (Wildman–Crippen LogP) is 20.5. The average Bonchev–Trinajstić information content (AvgIpc) is 3.38. The zero-order chi connectivity index (χ0) is 52.2. The molecule has 412 valence electrons. The standard InChI is InChI=1S/C66H112O6/c1-4-7-10-13-16-19-22-25-27-29-31-32-33-34-36-37-39-41-44-47-50-53-56-59-65(68)71-62-63(61-70-64(67)58-55-52-49-46-43-24-21-18-15-12-9-6-3)72-66(69)60-57-54-51-48-45-42-40-38-35-30-28-26-23-20-17-14-11-8-5-2/h7,10,16-17,19-20,25-28,31-32,34-36,38,63H,4-6,8-9,11-15,18,21-24,29-30,33,37,39-62H2,1-3H3/b10-7-,19-16-,20-17-,27-25-,28-26-,32-31-,36-34-,38-35-. The van der Waals surface area contributed by atoms with Crippen molar-refractivity contribution in [3.05, 3.63) is 97.2 Å². The fourth-order valence-corrected chi connectivity index (χ4v) is 8.30. The lowest BCUT2D eigenvalue weighted by Gasteiger charge is -2.18. The Morgan fingerprint density at radius 1 is 0.292 bits per heavy atom. The molecule has 0 aliphatic heterocycles. The van der Waals surface area contributed by atoms with Crippen LogP contribution in [0.25, 0.3) is 0 Å². The normalized spacial score (nSPS) is 12.8. The van der Waals surface area contributed by atoms with Crippen LogP contribution in [0.4, 0.5) is 0 Å². The summed E-state index contributed by atoms with van der Waals surface area (Å²) < 4.78 is 16.9. The van der Waals surface area contributed by atoms with Gasteiger partial charge in [-0.25, -0.2) is 0 Å². The summed E-state index contributed by atoms with van der Waals surface area (Å²) >= 11 is 0. The van der Waals surface area contributed by atoms with Gasteiger partial charge < -0.3 is 14.2 Å². The first-order valence-corrected chi connectivity index (χ1v) is 30.2. The molecule has 0 aromatic heterocycles.